The van der Waals surface area contributed by atoms with E-state index in [1.807, 2.05) is 62.4 Å². The monoisotopic (exact) mass is 258 g/mol. The molecule has 0 bridgehead atoms. The van der Waals surface area contributed by atoms with Crippen LogP contribution in [0.1, 0.15) is 13.8 Å². The summed E-state index contributed by atoms with van der Waals surface area (Å²) in [6.45, 7) is 5.10. The molecule has 100 valence electrons. The predicted octanol–water partition coefficient (Wildman–Crippen LogP) is 4.28. The Kier molecular flexibility index (Phi) is 4.67. The number of hydrogen-bond acceptors (Lipinski definition) is 3. The van der Waals surface area contributed by atoms with Gasteiger partial charge in [0.2, 0.25) is 0 Å². The summed E-state index contributed by atoms with van der Waals surface area (Å²) in [4.78, 5) is 0. The molecule has 0 atom stereocenters. The highest BCUT2D eigenvalue weighted by molar-refractivity contribution is 5.46. The van der Waals surface area contributed by atoms with Gasteiger partial charge in [-0.1, -0.05) is 18.2 Å². The zero-order valence-electron chi connectivity index (χ0n) is 11.3. The average Bonchev–Trinajstić information content (AvgIpc) is 2.43. The van der Waals surface area contributed by atoms with Crippen LogP contribution in [0, 0.1) is 0 Å². The molecule has 0 radical (unpaired) electrons. The fourth-order valence-corrected chi connectivity index (χ4v) is 1.72. The van der Waals surface area contributed by atoms with E-state index in [2.05, 4.69) is 0 Å². The summed E-state index contributed by atoms with van der Waals surface area (Å²) in [7, 11) is 0. The minimum absolute atomic E-state index is 0.592. The highest BCUT2D eigenvalue weighted by Gasteiger charge is 2.07. The molecule has 3 heteroatoms. The lowest BCUT2D eigenvalue weighted by molar-refractivity contribution is 0.286. The molecule has 0 fully saturated rings. The maximum Gasteiger partial charge on any atom is 0.164 e. The Morgan fingerprint density at radius 3 is 2.11 bits per heavy atom. The van der Waals surface area contributed by atoms with Crippen molar-refractivity contribution in [3.63, 3.8) is 0 Å². The minimum atomic E-state index is 0.592. The van der Waals surface area contributed by atoms with E-state index >= 15 is 0 Å². The highest BCUT2D eigenvalue weighted by atomic mass is 16.5. The molecule has 0 unspecified atom stereocenters. The molecule has 0 saturated heterocycles. The maximum atomic E-state index is 5.76. The van der Waals surface area contributed by atoms with Gasteiger partial charge in [-0.3, -0.25) is 0 Å². The largest absolute Gasteiger partial charge is 0.490 e. The minimum Gasteiger partial charge on any atom is -0.490 e. The van der Waals surface area contributed by atoms with E-state index in [9.17, 15) is 0 Å². The van der Waals surface area contributed by atoms with Crippen LogP contribution in [-0.4, -0.2) is 13.2 Å². The Hall–Kier alpha value is -2.16. The van der Waals surface area contributed by atoms with E-state index in [1.54, 1.807) is 0 Å². The van der Waals surface area contributed by atoms with Crippen LogP contribution in [0.2, 0.25) is 0 Å². The molecule has 0 aliphatic heterocycles. The molecule has 0 amide bonds. The zero-order valence-corrected chi connectivity index (χ0v) is 11.3. The summed E-state index contributed by atoms with van der Waals surface area (Å²) in [5.74, 6) is 2.98. The van der Waals surface area contributed by atoms with Crippen molar-refractivity contribution in [1.29, 1.82) is 0 Å². The lowest BCUT2D eigenvalue weighted by Gasteiger charge is -2.12. The summed E-state index contributed by atoms with van der Waals surface area (Å²) in [6.07, 6.45) is 0. The maximum absolute atomic E-state index is 5.76. The molecule has 2 rings (SSSR count). The summed E-state index contributed by atoms with van der Waals surface area (Å²) in [5.41, 5.74) is 0. The Morgan fingerprint density at radius 2 is 1.42 bits per heavy atom. The number of hydrogen-bond donors (Lipinski definition) is 0. The van der Waals surface area contributed by atoms with Crippen molar-refractivity contribution in [2.45, 2.75) is 13.8 Å². The van der Waals surface area contributed by atoms with E-state index < -0.39 is 0 Å². The van der Waals surface area contributed by atoms with Gasteiger partial charge in [-0.2, -0.15) is 0 Å². The third-order valence-corrected chi connectivity index (χ3v) is 2.49. The van der Waals surface area contributed by atoms with Gasteiger partial charge in [-0.25, -0.2) is 0 Å². The van der Waals surface area contributed by atoms with Gasteiger partial charge < -0.3 is 14.2 Å². The first-order valence-corrected chi connectivity index (χ1v) is 6.46. The fraction of sp³-hybridized carbons (Fsp3) is 0.250. The van der Waals surface area contributed by atoms with Gasteiger partial charge in [0.25, 0.3) is 0 Å². The average molecular weight is 258 g/mol. The second-order valence-corrected chi connectivity index (χ2v) is 3.89. The molecule has 0 aromatic heterocycles. The van der Waals surface area contributed by atoms with Crippen LogP contribution in [-0.2, 0) is 0 Å². The molecule has 0 aliphatic rings. The second-order valence-electron chi connectivity index (χ2n) is 3.89. The van der Waals surface area contributed by atoms with Crippen molar-refractivity contribution in [2.75, 3.05) is 13.2 Å². The van der Waals surface area contributed by atoms with Crippen LogP contribution in [0.5, 0.6) is 23.0 Å². The standard InChI is InChI=1S/C16H18O3/c1-3-17-15-11-10-14(12-16(15)18-4-2)19-13-8-6-5-7-9-13/h5-12H,3-4H2,1-2H3. The fourth-order valence-electron chi connectivity index (χ4n) is 1.72. The Balaban J connectivity index is 2.20. The molecule has 0 saturated carbocycles. The van der Waals surface area contributed by atoms with Crippen molar-refractivity contribution in [3.8, 4) is 23.0 Å². The lowest BCUT2D eigenvalue weighted by atomic mass is 10.3. The van der Waals surface area contributed by atoms with Crippen LogP contribution in [0.3, 0.4) is 0 Å². The first kappa shape index (κ1) is 13.3. The van der Waals surface area contributed by atoms with Gasteiger partial charge in [0.15, 0.2) is 11.5 Å². The van der Waals surface area contributed by atoms with Gasteiger partial charge in [0.05, 0.1) is 13.2 Å². The quantitative estimate of drug-likeness (QED) is 0.774. The lowest BCUT2D eigenvalue weighted by Crippen LogP contribution is -1.98. The highest BCUT2D eigenvalue weighted by Crippen LogP contribution is 2.33. The van der Waals surface area contributed by atoms with Gasteiger partial charge >= 0.3 is 0 Å². The van der Waals surface area contributed by atoms with Gasteiger partial charge in [-0.05, 0) is 38.1 Å². The normalized spacial score (nSPS) is 10.0. The predicted molar refractivity (Wildman–Crippen MR) is 75.3 cm³/mol. The van der Waals surface area contributed by atoms with Crippen molar-refractivity contribution >= 4 is 0 Å². The first-order chi connectivity index (χ1) is 9.33. The van der Waals surface area contributed by atoms with E-state index in [0.717, 1.165) is 17.2 Å². The molecule has 0 N–H and O–H groups in total. The van der Waals surface area contributed by atoms with Gasteiger partial charge in [0, 0.05) is 6.07 Å². The topological polar surface area (TPSA) is 27.7 Å². The SMILES string of the molecule is CCOc1ccc(Oc2ccccc2)cc1OCC. The number of para-hydroxylation sites is 1. The van der Waals surface area contributed by atoms with E-state index in [4.69, 9.17) is 14.2 Å². The van der Waals surface area contributed by atoms with Crippen molar-refractivity contribution in [3.05, 3.63) is 48.5 Å². The molecule has 2 aromatic carbocycles. The van der Waals surface area contributed by atoms with Crippen LogP contribution < -0.4 is 14.2 Å². The zero-order chi connectivity index (χ0) is 13.5. The molecular formula is C16H18O3. The van der Waals surface area contributed by atoms with Gasteiger partial charge in [0.1, 0.15) is 11.5 Å². The summed E-state index contributed by atoms with van der Waals surface area (Å²) in [5, 5.41) is 0. The molecule has 3 nitrogen and oxygen atoms in total. The third kappa shape index (κ3) is 3.65. The summed E-state index contributed by atoms with van der Waals surface area (Å²) >= 11 is 0. The van der Waals surface area contributed by atoms with E-state index in [1.165, 1.54) is 0 Å². The smallest absolute Gasteiger partial charge is 0.164 e. The second kappa shape index (κ2) is 6.69. The third-order valence-electron chi connectivity index (χ3n) is 2.49. The molecule has 0 spiro atoms. The number of ether oxygens (including phenoxy) is 3. The van der Waals surface area contributed by atoms with Crippen molar-refractivity contribution < 1.29 is 14.2 Å². The molecule has 19 heavy (non-hydrogen) atoms. The molecule has 2 aromatic rings. The summed E-state index contributed by atoms with van der Waals surface area (Å²) in [6, 6.07) is 15.2. The number of benzene rings is 2. The Bertz CT molecular complexity index is 509. The van der Waals surface area contributed by atoms with Crippen molar-refractivity contribution in [1.82, 2.24) is 0 Å². The number of rotatable bonds is 6. The van der Waals surface area contributed by atoms with Crippen LogP contribution in [0.4, 0.5) is 0 Å². The molecule has 0 aliphatic carbocycles. The van der Waals surface area contributed by atoms with Gasteiger partial charge in [-0.15, -0.1) is 0 Å². The molecule has 0 heterocycles. The Labute approximate surface area is 113 Å². The van der Waals surface area contributed by atoms with Crippen LogP contribution in [0.15, 0.2) is 48.5 Å². The first-order valence-electron chi connectivity index (χ1n) is 6.46. The summed E-state index contributed by atoms with van der Waals surface area (Å²) < 4.78 is 16.8. The van der Waals surface area contributed by atoms with E-state index in [-0.39, 0.29) is 0 Å². The Morgan fingerprint density at radius 1 is 0.737 bits per heavy atom. The van der Waals surface area contributed by atoms with E-state index in [0.29, 0.717) is 19.0 Å². The van der Waals surface area contributed by atoms with Crippen LogP contribution >= 0.6 is 0 Å². The molecular weight excluding hydrogens is 240 g/mol. The van der Waals surface area contributed by atoms with Crippen LogP contribution in [0.25, 0.3) is 0 Å². The van der Waals surface area contributed by atoms with Crippen molar-refractivity contribution in [2.24, 2.45) is 0 Å².